The highest BCUT2D eigenvalue weighted by molar-refractivity contribution is 5.92. The first-order chi connectivity index (χ1) is 15.2. The maximum absolute atomic E-state index is 12.3. The van der Waals surface area contributed by atoms with Crippen LogP contribution in [0.2, 0.25) is 0 Å². The molecule has 1 amide bonds. The quantitative estimate of drug-likeness (QED) is 0.466. The highest BCUT2D eigenvalue weighted by atomic mass is 16.5. The average molecular weight is 446 g/mol. The van der Waals surface area contributed by atoms with E-state index >= 15 is 0 Å². The summed E-state index contributed by atoms with van der Waals surface area (Å²) in [6.07, 6.45) is 4.17. The van der Waals surface area contributed by atoms with E-state index in [1.54, 1.807) is 6.07 Å². The Morgan fingerprint density at radius 3 is 2.75 bits per heavy atom. The zero-order valence-electron chi connectivity index (χ0n) is 19.2. The summed E-state index contributed by atoms with van der Waals surface area (Å²) >= 11 is 0. The van der Waals surface area contributed by atoms with Gasteiger partial charge in [0, 0.05) is 24.2 Å². The van der Waals surface area contributed by atoms with Crippen LogP contribution in [0.1, 0.15) is 57.6 Å². The summed E-state index contributed by atoms with van der Waals surface area (Å²) < 4.78 is 22.2. The van der Waals surface area contributed by atoms with Gasteiger partial charge in [-0.2, -0.15) is 0 Å². The number of rotatable bonds is 9. The van der Waals surface area contributed by atoms with Crippen molar-refractivity contribution in [3.05, 3.63) is 33.7 Å². The van der Waals surface area contributed by atoms with Gasteiger partial charge in [-0.1, -0.05) is 13.3 Å². The second kappa shape index (κ2) is 10.1. The molecule has 0 fully saturated rings. The molecule has 3 rings (SSSR count). The van der Waals surface area contributed by atoms with Crippen molar-refractivity contribution in [1.29, 1.82) is 0 Å². The maximum atomic E-state index is 12.3. The number of esters is 1. The highest BCUT2D eigenvalue weighted by Gasteiger charge is 2.30. The number of hydrogen-bond donors (Lipinski definition) is 1. The van der Waals surface area contributed by atoms with Crippen LogP contribution in [0.5, 0.6) is 11.5 Å². The van der Waals surface area contributed by atoms with Crippen LogP contribution in [-0.2, 0) is 27.2 Å². The molecule has 32 heavy (non-hydrogen) atoms. The SMILES string of the molecule is CCCCc1cc(=O)oc2c3c(cc(OCC(=O)NCCC(=O)OC)c12)OC(C)(C)CC3. The van der Waals surface area contributed by atoms with Gasteiger partial charge in [0.1, 0.15) is 22.7 Å². The highest BCUT2D eigenvalue weighted by Crippen LogP contribution is 2.43. The molecule has 0 radical (unpaired) electrons. The van der Waals surface area contributed by atoms with Crippen LogP contribution in [-0.4, -0.2) is 37.7 Å². The first-order valence-electron chi connectivity index (χ1n) is 11.0. The number of nitrogens with one attached hydrogen (secondary N) is 1. The number of unbranched alkanes of at least 4 members (excludes halogenated alkanes) is 1. The van der Waals surface area contributed by atoms with Crippen LogP contribution in [0.4, 0.5) is 0 Å². The van der Waals surface area contributed by atoms with Crippen LogP contribution in [0.3, 0.4) is 0 Å². The van der Waals surface area contributed by atoms with Crippen molar-refractivity contribution in [3.8, 4) is 11.5 Å². The summed E-state index contributed by atoms with van der Waals surface area (Å²) in [6, 6.07) is 3.29. The van der Waals surface area contributed by atoms with Gasteiger partial charge in [-0.25, -0.2) is 4.79 Å². The molecule has 0 spiro atoms. The lowest BCUT2D eigenvalue weighted by Crippen LogP contribution is -2.33. The topological polar surface area (TPSA) is 104 Å². The molecule has 0 unspecified atom stereocenters. The first kappa shape index (κ1) is 23.6. The van der Waals surface area contributed by atoms with Gasteiger partial charge >= 0.3 is 11.6 Å². The minimum Gasteiger partial charge on any atom is -0.487 e. The van der Waals surface area contributed by atoms with Crippen LogP contribution >= 0.6 is 0 Å². The normalized spacial score (nSPS) is 14.4. The zero-order valence-corrected chi connectivity index (χ0v) is 19.2. The Hall–Kier alpha value is -3.03. The number of ether oxygens (including phenoxy) is 3. The smallest absolute Gasteiger partial charge is 0.336 e. The largest absolute Gasteiger partial charge is 0.487 e. The van der Waals surface area contributed by atoms with E-state index in [9.17, 15) is 14.4 Å². The van der Waals surface area contributed by atoms with E-state index in [4.69, 9.17) is 13.9 Å². The predicted molar refractivity (Wildman–Crippen MR) is 119 cm³/mol. The number of hydrogen-bond acceptors (Lipinski definition) is 7. The van der Waals surface area contributed by atoms with Gasteiger partial charge in [-0.05, 0) is 45.1 Å². The minimum atomic E-state index is -0.409. The summed E-state index contributed by atoms with van der Waals surface area (Å²) in [6.45, 7) is 6.01. The third-order valence-electron chi connectivity index (χ3n) is 5.52. The number of methoxy groups -OCH3 is 1. The van der Waals surface area contributed by atoms with Crippen LogP contribution < -0.4 is 20.4 Å². The molecule has 0 atom stereocenters. The Morgan fingerprint density at radius 1 is 1.25 bits per heavy atom. The maximum Gasteiger partial charge on any atom is 0.336 e. The molecule has 0 saturated carbocycles. The molecule has 2 aromatic rings. The van der Waals surface area contributed by atoms with Crippen molar-refractivity contribution < 1.29 is 28.2 Å². The van der Waals surface area contributed by atoms with Crippen molar-refractivity contribution in [2.75, 3.05) is 20.3 Å². The third-order valence-corrected chi connectivity index (χ3v) is 5.52. The summed E-state index contributed by atoms with van der Waals surface area (Å²) in [5.41, 5.74) is 1.39. The fraction of sp³-hybridized carbons (Fsp3) is 0.542. The Labute approximate surface area is 187 Å². The molecule has 0 bridgehead atoms. The standard InChI is InChI=1S/C24H31NO7/c1-5-6-7-15-12-21(28)31-23-16-8-10-24(2,3)32-17(16)13-18(22(15)23)30-14-19(26)25-11-9-20(27)29-4/h12-13H,5-11,14H2,1-4H3,(H,25,26). The fourth-order valence-corrected chi connectivity index (χ4v) is 3.80. The molecule has 1 aliphatic heterocycles. The van der Waals surface area contributed by atoms with Crippen molar-refractivity contribution in [1.82, 2.24) is 5.32 Å². The van der Waals surface area contributed by atoms with E-state index < -0.39 is 11.6 Å². The van der Waals surface area contributed by atoms with E-state index in [-0.39, 0.29) is 31.1 Å². The van der Waals surface area contributed by atoms with Gasteiger partial charge in [-0.15, -0.1) is 0 Å². The summed E-state index contributed by atoms with van der Waals surface area (Å²) in [5, 5.41) is 3.34. The van der Waals surface area contributed by atoms with Crippen molar-refractivity contribution >= 4 is 22.8 Å². The van der Waals surface area contributed by atoms with Gasteiger partial charge in [0.2, 0.25) is 0 Å². The van der Waals surface area contributed by atoms with Gasteiger partial charge in [0.25, 0.3) is 5.91 Å². The monoisotopic (exact) mass is 445 g/mol. The van der Waals surface area contributed by atoms with E-state index in [1.807, 2.05) is 13.8 Å². The lowest BCUT2D eigenvalue weighted by atomic mass is 9.91. The molecule has 1 aromatic carbocycles. The van der Waals surface area contributed by atoms with Crippen molar-refractivity contribution in [2.45, 2.75) is 64.9 Å². The molecular formula is C24H31NO7. The number of carbonyl (C=O) groups excluding carboxylic acids is 2. The Kier molecular flexibility index (Phi) is 7.43. The first-order valence-corrected chi connectivity index (χ1v) is 11.0. The van der Waals surface area contributed by atoms with Crippen molar-refractivity contribution in [3.63, 3.8) is 0 Å². The molecule has 0 aliphatic carbocycles. The molecule has 8 heteroatoms. The lowest BCUT2D eigenvalue weighted by Gasteiger charge is -2.33. The Balaban J connectivity index is 1.94. The lowest BCUT2D eigenvalue weighted by molar-refractivity contribution is -0.140. The summed E-state index contributed by atoms with van der Waals surface area (Å²) in [7, 11) is 1.30. The number of amides is 1. The molecule has 1 aliphatic rings. The second-order valence-corrected chi connectivity index (χ2v) is 8.58. The average Bonchev–Trinajstić information content (AvgIpc) is 2.74. The Bertz CT molecular complexity index is 1050. The molecule has 0 saturated heterocycles. The minimum absolute atomic E-state index is 0.0826. The van der Waals surface area contributed by atoms with Crippen LogP contribution in [0, 0.1) is 0 Å². The van der Waals surface area contributed by atoms with E-state index in [0.717, 1.165) is 30.4 Å². The molecule has 1 N–H and O–H groups in total. The third kappa shape index (κ3) is 5.60. The number of carbonyl (C=O) groups is 2. The molecule has 174 valence electrons. The van der Waals surface area contributed by atoms with E-state index in [2.05, 4.69) is 17.0 Å². The second-order valence-electron chi connectivity index (χ2n) is 8.58. The van der Waals surface area contributed by atoms with Gasteiger partial charge in [0.15, 0.2) is 6.61 Å². The number of aryl methyl sites for hydroxylation is 2. The Morgan fingerprint density at radius 2 is 2.03 bits per heavy atom. The zero-order chi connectivity index (χ0) is 23.3. The summed E-state index contributed by atoms with van der Waals surface area (Å²) in [4.78, 5) is 35.7. The number of benzene rings is 1. The number of fused-ring (bicyclic) bond motifs is 3. The molecule has 2 heterocycles. The van der Waals surface area contributed by atoms with Gasteiger partial charge in [0.05, 0.1) is 18.9 Å². The molecule has 8 nitrogen and oxygen atoms in total. The summed E-state index contributed by atoms with van der Waals surface area (Å²) in [5.74, 6) is 0.274. The van der Waals surface area contributed by atoms with Crippen LogP contribution in [0.25, 0.3) is 11.0 Å². The van der Waals surface area contributed by atoms with Gasteiger partial charge in [-0.3, -0.25) is 9.59 Å². The van der Waals surface area contributed by atoms with E-state index in [0.29, 0.717) is 35.3 Å². The van der Waals surface area contributed by atoms with Crippen LogP contribution in [0.15, 0.2) is 21.3 Å². The fourth-order valence-electron chi connectivity index (χ4n) is 3.80. The predicted octanol–water partition coefficient (Wildman–Crippen LogP) is 3.30. The molecule has 1 aromatic heterocycles. The van der Waals surface area contributed by atoms with Crippen molar-refractivity contribution in [2.24, 2.45) is 0 Å². The van der Waals surface area contributed by atoms with E-state index in [1.165, 1.54) is 13.2 Å². The van der Waals surface area contributed by atoms with Gasteiger partial charge < -0.3 is 23.9 Å². The molecular weight excluding hydrogens is 414 g/mol.